The summed E-state index contributed by atoms with van der Waals surface area (Å²) in [5.74, 6) is 0. The van der Waals surface area contributed by atoms with Crippen LogP contribution in [0.3, 0.4) is 0 Å². The largest absolute Gasteiger partial charge is 0.340 e. The van der Waals surface area contributed by atoms with Crippen LogP contribution in [0.15, 0.2) is 18.7 Å². The first kappa shape index (κ1) is 5.64. The Kier molecular flexibility index (Phi) is 0.840. The number of hydrogen-bond donors (Lipinski definition) is 1. The zero-order valence-electron chi connectivity index (χ0n) is 5.97. The zero-order chi connectivity index (χ0) is 7.97. The summed E-state index contributed by atoms with van der Waals surface area (Å²) in [5, 5.41) is 7.74. The van der Waals surface area contributed by atoms with Crippen molar-refractivity contribution < 1.29 is 0 Å². The quantitative estimate of drug-likeness (QED) is 0.502. The summed E-state index contributed by atoms with van der Waals surface area (Å²) in [6.07, 6.45) is 4.99. The molecule has 6 heteroatoms. The first-order chi connectivity index (χ1) is 5.95. The van der Waals surface area contributed by atoms with Crippen LogP contribution < -0.4 is 0 Å². The Hall–Kier alpha value is -1.98. The van der Waals surface area contributed by atoms with Crippen LogP contribution in [-0.4, -0.2) is 29.8 Å². The summed E-state index contributed by atoms with van der Waals surface area (Å²) in [7, 11) is 0. The first-order valence-corrected chi connectivity index (χ1v) is 3.44. The van der Waals surface area contributed by atoms with E-state index in [9.17, 15) is 0 Å². The fourth-order valence-electron chi connectivity index (χ4n) is 1.17. The van der Waals surface area contributed by atoms with Crippen molar-refractivity contribution in [3.05, 3.63) is 18.7 Å². The Morgan fingerprint density at radius 2 is 2.33 bits per heavy atom. The second-order valence-corrected chi connectivity index (χ2v) is 2.39. The van der Waals surface area contributed by atoms with Crippen LogP contribution >= 0.6 is 0 Å². The number of fused-ring (bicyclic) bond motifs is 3. The van der Waals surface area contributed by atoms with Crippen molar-refractivity contribution in [2.45, 2.75) is 0 Å². The molecule has 3 rings (SSSR count). The minimum Gasteiger partial charge on any atom is -0.340 e. The standard InChI is InChI=1S/C6H4N6/c1-2-12-6(7-1)4-5(10-11-12)9-3-8-4/h1-3H,(H,8,9). The van der Waals surface area contributed by atoms with E-state index in [-0.39, 0.29) is 0 Å². The van der Waals surface area contributed by atoms with Gasteiger partial charge in [-0.1, -0.05) is 5.21 Å². The monoisotopic (exact) mass is 160 g/mol. The molecule has 12 heavy (non-hydrogen) atoms. The molecule has 0 atom stereocenters. The van der Waals surface area contributed by atoms with E-state index < -0.39 is 0 Å². The summed E-state index contributed by atoms with van der Waals surface area (Å²) in [6, 6.07) is 0. The molecule has 6 nitrogen and oxygen atoms in total. The third kappa shape index (κ3) is 0.541. The van der Waals surface area contributed by atoms with Gasteiger partial charge in [-0.15, -0.1) is 5.10 Å². The number of aromatic nitrogens is 6. The lowest BCUT2D eigenvalue weighted by molar-refractivity contribution is 0.824. The van der Waals surface area contributed by atoms with Crippen molar-refractivity contribution in [1.82, 2.24) is 29.8 Å². The lowest BCUT2D eigenvalue weighted by Gasteiger charge is -1.89. The van der Waals surface area contributed by atoms with Crippen molar-refractivity contribution >= 4 is 16.8 Å². The lowest BCUT2D eigenvalue weighted by atomic mass is 10.5. The molecule has 0 saturated carbocycles. The molecule has 0 unspecified atom stereocenters. The van der Waals surface area contributed by atoms with E-state index in [4.69, 9.17) is 0 Å². The van der Waals surface area contributed by atoms with Gasteiger partial charge in [0.05, 0.1) is 12.5 Å². The van der Waals surface area contributed by atoms with Gasteiger partial charge in [0.15, 0.2) is 5.65 Å². The smallest absolute Gasteiger partial charge is 0.205 e. The molecule has 0 aliphatic rings. The Morgan fingerprint density at radius 3 is 3.33 bits per heavy atom. The van der Waals surface area contributed by atoms with Gasteiger partial charge in [-0.05, 0) is 0 Å². The summed E-state index contributed by atoms with van der Waals surface area (Å²) in [4.78, 5) is 11.0. The second-order valence-electron chi connectivity index (χ2n) is 2.39. The van der Waals surface area contributed by atoms with Gasteiger partial charge >= 0.3 is 0 Å². The number of H-pyrrole nitrogens is 1. The van der Waals surface area contributed by atoms with Gasteiger partial charge in [-0.3, -0.25) is 0 Å². The highest BCUT2D eigenvalue weighted by atomic mass is 15.4. The number of nitrogens with zero attached hydrogens (tertiary/aromatic N) is 5. The van der Waals surface area contributed by atoms with Crippen molar-refractivity contribution in [3.63, 3.8) is 0 Å². The fraction of sp³-hybridized carbons (Fsp3) is 0. The topological polar surface area (TPSA) is 71.8 Å². The van der Waals surface area contributed by atoms with Gasteiger partial charge in [0.25, 0.3) is 0 Å². The maximum Gasteiger partial charge on any atom is 0.205 e. The average Bonchev–Trinajstić information content (AvgIpc) is 2.71. The van der Waals surface area contributed by atoms with Crippen LogP contribution in [0, 0.1) is 0 Å². The number of rotatable bonds is 0. The molecule has 0 fully saturated rings. The van der Waals surface area contributed by atoms with Gasteiger partial charge in [0, 0.05) is 6.20 Å². The highest BCUT2D eigenvalue weighted by Gasteiger charge is 2.04. The minimum atomic E-state index is 0.591. The number of aromatic amines is 1. The van der Waals surface area contributed by atoms with Crippen LogP contribution in [0.5, 0.6) is 0 Å². The Labute approximate surface area is 66.3 Å². The maximum atomic E-state index is 4.11. The van der Waals surface area contributed by atoms with Crippen molar-refractivity contribution in [1.29, 1.82) is 0 Å². The molecule has 1 N–H and O–H groups in total. The molecule has 0 bridgehead atoms. The van der Waals surface area contributed by atoms with Gasteiger partial charge < -0.3 is 4.98 Å². The van der Waals surface area contributed by atoms with E-state index in [1.165, 1.54) is 0 Å². The van der Waals surface area contributed by atoms with Gasteiger partial charge in [-0.2, -0.15) is 0 Å². The van der Waals surface area contributed by atoms with Crippen molar-refractivity contribution in [2.24, 2.45) is 0 Å². The van der Waals surface area contributed by atoms with Crippen LogP contribution in [0.4, 0.5) is 0 Å². The van der Waals surface area contributed by atoms with Gasteiger partial charge in [0.2, 0.25) is 5.65 Å². The van der Waals surface area contributed by atoms with E-state index in [0.29, 0.717) is 5.65 Å². The van der Waals surface area contributed by atoms with E-state index in [0.717, 1.165) is 11.2 Å². The average molecular weight is 160 g/mol. The number of imidazole rings is 2. The molecule has 0 amide bonds. The van der Waals surface area contributed by atoms with Crippen molar-refractivity contribution in [2.75, 3.05) is 0 Å². The second kappa shape index (κ2) is 1.79. The first-order valence-electron chi connectivity index (χ1n) is 3.44. The third-order valence-corrected chi connectivity index (χ3v) is 1.70. The predicted octanol–water partition coefficient (Wildman–Crippen LogP) is 0.000600. The Bertz CT molecular complexity index is 485. The van der Waals surface area contributed by atoms with Crippen LogP contribution in [-0.2, 0) is 0 Å². The Balaban J connectivity index is 2.71. The Morgan fingerprint density at radius 1 is 1.33 bits per heavy atom. The van der Waals surface area contributed by atoms with E-state index in [2.05, 4.69) is 25.3 Å². The van der Waals surface area contributed by atoms with Crippen LogP contribution in [0.2, 0.25) is 0 Å². The molecule has 3 heterocycles. The summed E-state index contributed by atoms with van der Waals surface area (Å²) < 4.78 is 1.60. The zero-order valence-corrected chi connectivity index (χ0v) is 5.97. The molecule has 3 aromatic heterocycles. The summed E-state index contributed by atoms with van der Waals surface area (Å²) >= 11 is 0. The predicted molar refractivity (Wildman–Crippen MR) is 40.4 cm³/mol. The lowest BCUT2D eigenvalue weighted by Crippen LogP contribution is -1.94. The third-order valence-electron chi connectivity index (χ3n) is 1.70. The van der Waals surface area contributed by atoms with E-state index in [1.54, 1.807) is 23.2 Å². The molecule has 0 aliphatic carbocycles. The molecule has 0 aromatic carbocycles. The molecular weight excluding hydrogens is 156 g/mol. The van der Waals surface area contributed by atoms with E-state index in [1.807, 2.05) is 0 Å². The normalized spacial score (nSPS) is 11.3. The van der Waals surface area contributed by atoms with Crippen LogP contribution in [0.25, 0.3) is 16.8 Å². The molecule has 58 valence electrons. The van der Waals surface area contributed by atoms with E-state index >= 15 is 0 Å². The fourth-order valence-corrected chi connectivity index (χ4v) is 1.17. The minimum absolute atomic E-state index is 0.591. The molecular formula is C6H4N6. The van der Waals surface area contributed by atoms with Gasteiger partial charge in [-0.25, -0.2) is 14.5 Å². The summed E-state index contributed by atoms with van der Waals surface area (Å²) in [6.45, 7) is 0. The molecule has 0 aliphatic heterocycles. The number of nitrogens with one attached hydrogen (secondary N) is 1. The molecule has 0 spiro atoms. The van der Waals surface area contributed by atoms with Crippen LogP contribution in [0.1, 0.15) is 0 Å². The molecule has 3 aromatic rings. The molecule has 0 saturated heterocycles. The molecule has 0 radical (unpaired) electrons. The summed E-state index contributed by atoms with van der Waals surface area (Å²) in [5.41, 5.74) is 2.15. The maximum absolute atomic E-state index is 4.11. The highest BCUT2D eigenvalue weighted by molar-refractivity contribution is 5.83. The SMILES string of the molecule is c1cn2nnc3nc[nH]c3c2n1. The van der Waals surface area contributed by atoms with Crippen molar-refractivity contribution in [3.8, 4) is 0 Å². The number of hydrogen-bond acceptors (Lipinski definition) is 4. The van der Waals surface area contributed by atoms with Gasteiger partial charge in [0.1, 0.15) is 5.52 Å². The highest BCUT2D eigenvalue weighted by Crippen LogP contribution is 2.08.